The number of alkyl halides is 5. The van der Waals surface area contributed by atoms with Crippen molar-refractivity contribution < 1.29 is 31.1 Å². The zero-order valence-electron chi connectivity index (χ0n) is 13.5. The summed E-state index contributed by atoms with van der Waals surface area (Å²) in [6, 6.07) is 4.76. The van der Waals surface area contributed by atoms with Gasteiger partial charge in [0.2, 0.25) is 0 Å². The van der Waals surface area contributed by atoms with E-state index in [4.69, 9.17) is 11.6 Å². The van der Waals surface area contributed by atoms with Crippen molar-refractivity contribution in [2.75, 3.05) is 0 Å². The van der Waals surface area contributed by atoms with E-state index in [9.17, 15) is 31.1 Å². The fourth-order valence-corrected chi connectivity index (χ4v) is 2.71. The molecule has 0 amide bonds. The molecule has 0 spiro atoms. The maximum absolute atomic E-state index is 14.2. The van der Waals surface area contributed by atoms with Gasteiger partial charge in [-0.15, -0.1) is 0 Å². The molecule has 0 aliphatic carbocycles. The van der Waals surface area contributed by atoms with Crippen LogP contribution in [-0.4, -0.2) is 12.2 Å². The maximum Gasteiger partial charge on any atom is 0.416 e. The fraction of sp³-hybridized carbons (Fsp3) is 0.167. The molecule has 0 bridgehead atoms. The second-order valence-corrected chi connectivity index (χ2v) is 6.81. The molecule has 0 aliphatic heterocycles. The minimum Gasteiger partial charge on any atom is -0.289 e. The van der Waals surface area contributed by atoms with Gasteiger partial charge in [-0.2, -0.15) is 13.2 Å². The second kappa shape index (κ2) is 8.06. The van der Waals surface area contributed by atoms with Gasteiger partial charge in [-0.3, -0.25) is 4.79 Å². The Kier molecular flexibility index (Phi) is 6.42. The number of hydrogen-bond acceptors (Lipinski definition) is 1. The highest BCUT2D eigenvalue weighted by Gasteiger charge is 2.33. The molecule has 1 nitrogen and oxygen atoms in total. The SMILES string of the molecule is Cc1cc(C(=O)/C=C(/c2cc(C(F)(F)F)cc(Cl)c2F)C(F)F)ccc1Br. The predicted molar refractivity (Wildman–Crippen MR) is 93.6 cm³/mol. The first kappa shape index (κ1) is 21.5. The lowest BCUT2D eigenvalue weighted by Crippen LogP contribution is -2.10. The van der Waals surface area contributed by atoms with E-state index in [1.54, 1.807) is 6.92 Å². The standard InChI is InChI=1S/C18H10BrClF6O/c1-8-4-9(2-3-13(8)19)15(27)7-12(17(22)23)11-5-10(18(24,25)26)6-14(20)16(11)21/h2-7,17H,1H3/b12-7-. The van der Waals surface area contributed by atoms with Crippen LogP contribution >= 0.6 is 27.5 Å². The molecule has 27 heavy (non-hydrogen) atoms. The molecule has 0 unspecified atom stereocenters. The van der Waals surface area contributed by atoms with Gasteiger partial charge in [0, 0.05) is 21.2 Å². The molecule has 0 fully saturated rings. The molecule has 9 heteroatoms. The number of rotatable bonds is 4. The van der Waals surface area contributed by atoms with Gasteiger partial charge in [-0.1, -0.05) is 27.5 Å². The zero-order chi connectivity index (χ0) is 20.5. The topological polar surface area (TPSA) is 17.1 Å². The molecule has 0 N–H and O–H groups in total. The van der Waals surface area contributed by atoms with Gasteiger partial charge < -0.3 is 0 Å². The number of hydrogen-bond donors (Lipinski definition) is 0. The van der Waals surface area contributed by atoms with Crippen molar-refractivity contribution in [2.24, 2.45) is 0 Å². The summed E-state index contributed by atoms with van der Waals surface area (Å²) in [6.45, 7) is 1.66. The van der Waals surface area contributed by atoms with Crippen LogP contribution < -0.4 is 0 Å². The molecule has 0 heterocycles. The van der Waals surface area contributed by atoms with Crippen molar-refractivity contribution in [3.8, 4) is 0 Å². The highest BCUT2D eigenvalue weighted by molar-refractivity contribution is 9.10. The summed E-state index contributed by atoms with van der Waals surface area (Å²) in [4.78, 5) is 12.3. The molecular weight excluding hydrogens is 462 g/mol. The van der Waals surface area contributed by atoms with Crippen LogP contribution in [0.1, 0.15) is 27.0 Å². The Bertz CT molecular complexity index is 921. The number of carbonyl (C=O) groups is 1. The Balaban J connectivity index is 2.60. The van der Waals surface area contributed by atoms with Gasteiger partial charge in [-0.05, 0) is 48.9 Å². The lowest BCUT2D eigenvalue weighted by Gasteiger charge is -2.14. The van der Waals surface area contributed by atoms with Gasteiger partial charge in [0.15, 0.2) is 5.78 Å². The highest BCUT2D eigenvalue weighted by atomic mass is 79.9. The summed E-state index contributed by atoms with van der Waals surface area (Å²) >= 11 is 8.64. The Morgan fingerprint density at radius 3 is 2.33 bits per heavy atom. The molecule has 0 radical (unpaired) electrons. The van der Waals surface area contributed by atoms with Gasteiger partial charge in [0.1, 0.15) is 5.82 Å². The lowest BCUT2D eigenvalue weighted by molar-refractivity contribution is -0.137. The van der Waals surface area contributed by atoms with Crippen LogP contribution in [0.25, 0.3) is 5.57 Å². The minimum atomic E-state index is -4.92. The van der Waals surface area contributed by atoms with Crippen LogP contribution in [0.15, 0.2) is 40.9 Å². The van der Waals surface area contributed by atoms with E-state index in [0.717, 1.165) is 0 Å². The van der Waals surface area contributed by atoms with Gasteiger partial charge in [-0.25, -0.2) is 13.2 Å². The molecule has 0 atom stereocenters. The van der Waals surface area contributed by atoms with E-state index in [0.29, 0.717) is 22.2 Å². The minimum absolute atomic E-state index is 0.0207. The van der Waals surface area contributed by atoms with E-state index in [2.05, 4.69) is 15.9 Å². The number of benzene rings is 2. The van der Waals surface area contributed by atoms with Gasteiger partial charge in [0.25, 0.3) is 6.43 Å². The van der Waals surface area contributed by atoms with Crippen LogP contribution in [0.2, 0.25) is 5.02 Å². The molecule has 2 aromatic rings. The van der Waals surface area contributed by atoms with E-state index in [-0.39, 0.29) is 11.6 Å². The van der Waals surface area contributed by atoms with Crippen molar-refractivity contribution in [2.45, 2.75) is 19.5 Å². The van der Waals surface area contributed by atoms with E-state index in [1.807, 2.05) is 0 Å². The van der Waals surface area contributed by atoms with Crippen LogP contribution in [0.5, 0.6) is 0 Å². The fourth-order valence-electron chi connectivity index (χ4n) is 2.24. The molecule has 0 saturated heterocycles. The summed E-state index contributed by atoms with van der Waals surface area (Å²) in [5, 5.41) is -0.974. The normalized spacial score (nSPS) is 12.6. The third kappa shape index (κ3) is 4.93. The Hall–Kier alpha value is -1.80. The largest absolute Gasteiger partial charge is 0.416 e. The lowest BCUT2D eigenvalue weighted by atomic mass is 9.99. The van der Waals surface area contributed by atoms with Crippen molar-refractivity contribution in [1.82, 2.24) is 0 Å². The average molecular weight is 472 g/mol. The number of carbonyl (C=O) groups excluding carboxylic acids is 1. The van der Waals surface area contributed by atoms with Crippen LogP contribution in [0.4, 0.5) is 26.3 Å². The number of halogens is 8. The van der Waals surface area contributed by atoms with Crippen LogP contribution in [0.3, 0.4) is 0 Å². The first-order chi connectivity index (χ1) is 12.4. The van der Waals surface area contributed by atoms with Crippen molar-refractivity contribution in [3.05, 3.63) is 74.0 Å². The van der Waals surface area contributed by atoms with Crippen LogP contribution in [-0.2, 0) is 6.18 Å². The summed E-state index contributed by atoms with van der Waals surface area (Å²) in [6.07, 6.45) is -7.91. The number of aryl methyl sites for hydroxylation is 1. The number of allylic oxidation sites excluding steroid dienone is 2. The van der Waals surface area contributed by atoms with Crippen LogP contribution in [0, 0.1) is 12.7 Å². The molecule has 0 saturated carbocycles. The molecule has 0 aliphatic rings. The molecule has 144 valence electrons. The highest BCUT2D eigenvalue weighted by Crippen LogP contribution is 2.37. The third-order valence-electron chi connectivity index (χ3n) is 3.63. The third-order valence-corrected chi connectivity index (χ3v) is 4.80. The summed E-state index contributed by atoms with van der Waals surface area (Å²) in [5.41, 5.74) is -3.01. The maximum atomic E-state index is 14.2. The molecular formula is C18H10BrClF6O. The summed E-state index contributed by atoms with van der Waals surface area (Å²) in [7, 11) is 0. The quantitative estimate of drug-likeness (QED) is 0.264. The zero-order valence-corrected chi connectivity index (χ0v) is 15.8. The Morgan fingerprint density at radius 1 is 1.19 bits per heavy atom. The summed E-state index contributed by atoms with van der Waals surface area (Å²) < 4.78 is 80.4. The average Bonchev–Trinajstić information content (AvgIpc) is 2.56. The molecule has 2 rings (SSSR count). The van der Waals surface area contributed by atoms with E-state index in [1.165, 1.54) is 18.2 Å². The first-order valence-corrected chi connectivity index (χ1v) is 8.45. The first-order valence-electron chi connectivity index (χ1n) is 7.28. The summed E-state index contributed by atoms with van der Waals surface area (Å²) in [5.74, 6) is -2.37. The van der Waals surface area contributed by atoms with Gasteiger partial charge >= 0.3 is 6.18 Å². The van der Waals surface area contributed by atoms with Crippen molar-refractivity contribution >= 4 is 38.9 Å². The van der Waals surface area contributed by atoms with Crippen molar-refractivity contribution in [3.63, 3.8) is 0 Å². The smallest absolute Gasteiger partial charge is 0.289 e. The second-order valence-electron chi connectivity index (χ2n) is 5.55. The van der Waals surface area contributed by atoms with Crippen molar-refractivity contribution in [1.29, 1.82) is 0 Å². The number of ketones is 1. The molecule has 0 aromatic heterocycles. The predicted octanol–water partition coefficient (Wildman–Crippen LogP) is 7.10. The van der Waals surface area contributed by atoms with Gasteiger partial charge in [0.05, 0.1) is 10.6 Å². The van der Waals surface area contributed by atoms with E-state index >= 15 is 0 Å². The molecule has 2 aromatic carbocycles. The Morgan fingerprint density at radius 2 is 1.81 bits per heavy atom. The Labute approximate surface area is 163 Å². The monoisotopic (exact) mass is 470 g/mol. The van der Waals surface area contributed by atoms with E-state index < -0.39 is 45.9 Å².